The zero-order valence-electron chi connectivity index (χ0n) is 13.6. The van der Waals surface area contributed by atoms with Crippen LogP contribution >= 0.6 is 0 Å². The van der Waals surface area contributed by atoms with Crippen LogP contribution in [-0.2, 0) is 12.0 Å². The van der Waals surface area contributed by atoms with Crippen LogP contribution in [-0.4, -0.2) is 34.4 Å². The lowest BCUT2D eigenvalue weighted by Gasteiger charge is -2.24. The molecule has 1 atom stereocenters. The van der Waals surface area contributed by atoms with Crippen LogP contribution in [0.5, 0.6) is 0 Å². The van der Waals surface area contributed by atoms with E-state index in [9.17, 15) is 9.90 Å². The molecule has 23 heavy (non-hydrogen) atoms. The molecular weight excluding hydrogens is 292 g/mol. The quantitative estimate of drug-likeness (QED) is 0.588. The van der Waals surface area contributed by atoms with Crippen molar-refractivity contribution >= 4 is 6.03 Å². The third kappa shape index (κ3) is 5.10. The molecule has 0 aliphatic rings. The standard InChI is InChI=1S/C17H24N4O2/c1-13-14(11-20-21-13)7-6-10-18-16(22)19-12-17(2,23)15-8-4-3-5-9-15/h3-5,8-9,11,23H,6-7,10,12H2,1-2H3,(H,20,21)(H2,18,19,22). The van der Waals surface area contributed by atoms with Crippen LogP contribution in [0.1, 0.15) is 30.2 Å². The average molecular weight is 316 g/mol. The van der Waals surface area contributed by atoms with E-state index in [0.29, 0.717) is 6.54 Å². The molecule has 6 nitrogen and oxygen atoms in total. The maximum Gasteiger partial charge on any atom is 0.314 e. The summed E-state index contributed by atoms with van der Waals surface area (Å²) in [5.74, 6) is 0. The van der Waals surface area contributed by atoms with Crippen molar-refractivity contribution in [2.45, 2.75) is 32.3 Å². The molecule has 2 amide bonds. The van der Waals surface area contributed by atoms with Gasteiger partial charge >= 0.3 is 6.03 Å². The minimum Gasteiger partial charge on any atom is -0.384 e. The number of H-pyrrole nitrogens is 1. The van der Waals surface area contributed by atoms with Gasteiger partial charge in [-0.15, -0.1) is 0 Å². The van der Waals surface area contributed by atoms with Gasteiger partial charge in [-0.25, -0.2) is 4.79 Å². The zero-order valence-corrected chi connectivity index (χ0v) is 13.6. The molecule has 0 aliphatic heterocycles. The molecule has 1 unspecified atom stereocenters. The second kappa shape index (κ2) is 7.78. The number of nitrogens with zero attached hydrogens (tertiary/aromatic N) is 1. The van der Waals surface area contributed by atoms with E-state index in [1.54, 1.807) is 6.92 Å². The number of amides is 2. The van der Waals surface area contributed by atoms with E-state index in [1.807, 2.05) is 43.5 Å². The Morgan fingerprint density at radius 1 is 1.30 bits per heavy atom. The number of nitrogens with one attached hydrogen (secondary N) is 3. The number of benzene rings is 1. The zero-order chi connectivity index (χ0) is 16.7. The first-order valence-corrected chi connectivity index (χ1v) is 7.77. The molecule has 2 rings (SSSR count). The molecule has 124 valence electrons. The highest BCUT2D eigenvalue weighted by molar-refractivity contribution is 5.73. The lowest BCUT2D eigenvalue weighted by Crippen LogP contribution is -2.43. The number of hydrogen-bond acceptors (Lipinski definition) is 3. The van der Waals surface area contributed by atoms with E-state index in [1.165, 1.54) is 5.56 Å². The summed E-state index contributed by atoms with van der Waals surface area (Å²) in [6.07, 6.45) is 3.51. The van der Waals surface area contributed by atoms with Gasteiger partial charge in [0.05, 0.1) is 12.7 Å². The van der Waals surface area contributed by atoms with Crippen LogP contribution < -0.4 is 10.6 Å². The van der Waals surface area contributed by atoms with E-state index < -0.39 is 5.60 Å². The summed E-state index contributed by atoms with van der Waals surface area (Å²) in [4.78, 5) is 11.8. The fourth-order valence-electron chi connectivity index (χ4n) is 2.32. The maximum absolute atomic E-state index is 11.8. The lowest BCUT2D eigenvalue weighted by molar-refractivity contribution is 0.0594. The molecule has 2 aromatic rings. The van der Waals surface area contributed by atoms with Gasteiger partial charge in [0.15, 0.2) is 0 Å². The molecule has 0 spiro atoms. The van der Waals surface area contributed by atoms with Gasteiger partial charge in [-0.2, -0.15) is 5.10 Å². The molecule has 0 bridgehead atoms. The van der Waals surface area contributed by atoms with Gasteiger partial charge in [-0.05, 0) is 37.8 Å². The van der Waals surface area contributed by atoms with Crippen LogP contribution in [0.25, 0.3) is 0 Å². The molecular formula is C17H24N4O2. The number of carbonyl (C=O) groups is 1. The molecule has 0 saturated heterocycles. The van der Waals surface area contributed by atoms with Crippen LogP contribution in [0.15, 0.2) is 36.5 Å². The van der Waals surface area contributed by atoms with Crippen molar-refractivity contribution in [1.82, 2.24) is 20.8 Å². The summed E-state index contributed by atoms with van der Waals surface area (Å²) in [6.45, 7) is 4.39. The predicted molar refractivity (Wildman–Crippen MR) is 89.1 cm³/mol. The van der Waals surface area contributed by atoms with Gasteiger partial charge in [-0.3, -0.25) is 5.10 Å². The Bertz CT molecular complexity index is 623. The first kappa shape index (κ1) is 17.0. The van der Waals surface area contributed by atoms with Crippen molar-refractivity contribution < 1.29 is 9.90 Å². The Morgan fingerprint density at radius 2 is 2.04 bits per heavy atom. The fourth-order valence-corrected chi connectivity index (χ4v) is 2.32. The number of hydrogen-bond donors (Lipinski definition) is 4. The average Bonchev–Trinajstić information content (AvgIpc) is 2.96. The number of aryl methyl sites for hydroxylation is 2. The minimum absolute atomic E-state index is 0.156. The summed E-state index contributed by atoms with van der Waals surface area (Å²) >= 11 is 0. The normalized spacial score (nSPS) is 13.3. The Balaban J connectivity index is 1.68. The maximum atomic E-state index is 11.8. The monoisotopic (exact) mass is 316 g/mol. The van der Waals surface area contributed by atoms with E-state index in [4.69, 9.17) is 0 Å². The van der Waals surface area contributed by atoms with Crippen molar-refractivity contribution in [3.63, 3.8) is 0 Å². The highest BCUT2D eigenvalue weighted by Crippen LogP contribution is 2.18. The molecule has 1 heterocycles. The smallest absolute Gasteiger partial charge is 0.314 e. The van der Waals surface area contributed by atoms with E-state index in [2.05, 4.69) is 20.8 Å². The Kier molecular flexibility index (Phi) is 5.76. The first-order valence-electron chi connectivity index (χ1n) is 7.77. The molecule has 0 saturated carbocycles. The molecule has 0 radical (unpaired) electrons. The number of rotatable bonds is 7. The Labute approximate surface area is 136 Å². The second-order valence-electron chi connectivity index (χ2n) is 5.87. The Hall–Kier alpha value is -2.34. The lowest BCUT2D eigenvalue weighted by atomic mass is 9.96. The van der Waals surface area contributed by atoms with Crippen LogP contribution in [0.4, 0.5) is 4.79 Å². The number of aliphatic hydroxyl groups is 1. The third-order valence-electron chi connectivity index (χ3n) is 3.83. The van der Waals surface area contributed by atoms with Crippen molar-refractivity contribution in [3.8, 4) is 0 Å². The van der Waals surface area contributed by atoms with Crippen molar-refractivity contribution in [3.05, 3.63) is 53.3 Å². The summed E-state index contributed by atoms with van der Waals surface area (Å²) in [7, 11) is 0. The van der Waals surface area contributed by atoms with Gasteiger partial charge in [0.25, 0.3) is 0 Å². The van der Waals surface area contributed by atoms with Gasteiger partial charge in [0, 0.05) is 12.2 Å². The summed E-state index contributed by atoms with van der Waals surface area (Å²) in [5.41, 5.74) is 1.91. The molecule has 1 aromatic carbocycles. The topological polar surface area (TPSA) is 90.0 Å². The first-order chi connectivity index (χ1) is 11.0. The van der Waals surface area contributed by atoms with E-state index >= 15 is 0 Å². The summed E-state index contributed by atoms with van der Waals surface area (Å²) < 4.78 is 0. The molecule has 1 aromatic heterocycles. The van der Waals surface area contributed by atoms with Crippen molar-refractivity contribution in [2.24, 2.45) is 0 Å². The van der Waals surface area contributed by atoms with Crippen molar-refractivity contribution in [2.75, 3.05) is 13.1 Å². The van der Waals surface area contributed by atoms with Crippen LogP contribution in [0, 0.1) is 6.92 Å². The molecule has 0 aliphatic carbocycles. The number of aromatic amines is 1. The largest absolute Gasteiger partial charge is 0.384 e. The highest BCUT2D eigenvalue weighted by atomic mass is 16.3. The molecule has 4 N–H and O–H groups in total. The fraction of sp³-hybridized carbons (Fsp3) is 0.412. The van der Waals surface area contributed by atoms with Crippen molar-refractivity contribution in [1.29, 1.82) is 0 Å². The number of carbonyl (C=O) groups excluding carboxylic acids is 1. The minimum atomic E-state index is -1.09. The van der Waals surface area contributed by atoms with Gasteiger partial charge in [0.2, 0.25) is 0 Å². The Morgan fingerprint density at radius 3 is 2.70 bits per heavy atom. The number of aromatic nitrogens is 2. The summed E-state index contributed by atoms with van der Waals surface area (Å²) in [6, 6.07) is 9.02. The van der Waals surface area contributed by atoms with Crippen LogP contribution in [0.3, 0.4) is 0 Å². The SMILES string of the molecule is Cc1[nH]ncc1CCCNC(=O)NCC(C)(O)c1ccccc1. The van der Waals surface area contributed by atoms with Gasteiger partial charge < -0.3 is 15.7 Å². The van der Waals surface area contributed by atoms with Gasteiger partial charge in [0.1, 0.15) is 5.60 Å². The van der Waals surface area contributed by atoms with Gasteiger partial charge in [-0.1, -0.05) is 30.3 Å². The van der Waals surface area contributed by atoms with E-state index in [-0.39, 0.29) is 12.6 Å². The molecule has 0 fully saturated rings. The molecule has 6 heteroatoms. The second-order valence-corrected chi connectivity index (χ2v) is 5.87. The van der Waals surface area contributed by atoms with E-state index in [0.717, 1.165) is 24.1 Å². The number of urea groups is 1. The highest BCUT2D eigenvalue weighted by Gasteiger charge is 2.23. The predicted octanol–water partition coefficient (Wildman–Crippen LogP) is 1.86. The summed E-state index contributed by atoms with van der Waals surface area (Å²) in [5, 5.41) is 22.8. The third-order valence-corrected chi connectivity index (χ3v) is 3.83. The van der Waals surface area contributed by atoms with Crippen LogP contribution in [0.2, 0.25) is 0 Å².